The molecule has 18 heavy (non-hydrogen) atoms. The van der Waals surface area contributed by atoms with Gasteiger partial charge in [-0.3, -0.25) is 4.40 Å². The van der Waals surface area contributed by atoms with E-state index in [1.807, 2.05) is 0 Å². The molecule has 2 aromatic rings. The van der Waals surface area contributed by atoms with Crippen molar-refractivity contribution in [3.05, 3.63) is 35.8 Å². The lowest BCUT2D eigenvalue weighted by atomic mass is 10.3. The van der Waals surface area contributed by atoms with Crippen LogP contribution in [-0.2, 0) is 0 Å². The monoisotopic (exact) mass is 264 g/mol. The minimum atomic E-state index is -2.60. The van der Waals surface area contributed by atoms with E-state index in [0.29, 0.717) is 11.3 Å². The summed E-state index contributed by atoms with van der Waals surface area (Å²) in [5, 5.41) is 0. The summed E-state index contributed by atoms with van der Waals surface area (Å²) in [4.78, 5) is 3.94. The lowest BCUT2D eigenvalue weighted by molar-refractivity contribution is 0.146. The third kappa shape index (κ3) is 2.59. The van der Waals surface area contributed by atoms with Gasteiger partial charge in [-0.2, -0.15) is 0 Å². The number of pyridine rings is 1. The van der Waals surface area contributed by atoms with Crippen LogP contribution in [0, 0.1) is 11.5 Å². The molecular formula is C13H14F2N2Si. The highest BCUT2D eigenvalue weighted by Gasteiger charge is 2.19. The number of nitrogens with zero attached hydrogens (tertiary/aromatic N) is 2. The highest BCUT2D eigenvalue weighted by molar-refractivity contribution is 6.83. The van der Waals surface area contributed by atoms with Gasteiger partial charge in [0, 0.05) is 6.20 Å². The van der Waals surface area contributed by atoms with Crippen molar-refractivity contribution in [1.29, 1.82) is 0 Å². The van der Waals surface area contributed by atoms with Gasteiger partial charge in [0.2, 0.25) is 0 Å². The van der Waals surface area contributed by atoms with E-state index >= 15 is 0 Å². The van der Waals surface area contributed by atoms with Gasteiger partial charge in [-0.05, 0) is 12.1 Å². The highest BCUT2D eigenvalue weighted by Crippen LogP contribution is 2.23. The predicted molar refractivity (Wildman–Crippen MR) is 70.4 cm³/mol. The molecule has 2 aromatic heterocycles. The van der Waals surface area contributed by atoms with E-state index in [1.165, 1.54) is 0 Å². The normalized spacial score (nSPS) is 11.7. The molecule has 0 atom stereocenters. The maximum Gasteiger partial charge on any atom is 0.283 e. The molecule has 0 spiro atoms. The second-order valence-electron chi connectivity index (χ2n) is 5.08. The summed E-state index contributed by atoms with van der Waals surface area (Å²) >= 11 is 0. The summed E-state index contributed by atoms with van der Waals surface area (Å²) in [6.45, 7) is 6.22. The van der Waals surface area contributed by atoms with E-state index in [1.54, 1.807) is 28.8 Å². The number of hydrogen-bond acceptors (Lipinski definition) is 1. The van der Waals surface area contributed by atoms with Crippen LogP contribution in [0.4, 0.5) is 8.78 Å². The Morgan fingerprint density at radius 3 is 2.61 bits per heavy atom. The SMILES string of the molecule is C[Si](C)(C)C#Cc1c(C(F)F)nc2ccccn12. The molecule has 0 aromatic carbocycles. The number of fused-ring (bicyclic) bond motifs is 1. The number of halogens is 2. The number of rotatable bonds is 1. The molecular weight excluding hydrogens is 250 g/mol. The fourth-order valence-electron chi connectivity index (χ4n) is 1.54. The van der Waals surface area contributed by atoms with Crippen LogP contribution >= 0.6 is 0 Å². The van der Waals surface area contributed by atoms with Gasteiger partial charge in [-0.25, -0.2) is 13.8 Å². The predicted octanol–water partition coefficient (Wildman–Crippen LogP) is 3.50. The van der Waals surface area contributed by atoms with Gasteiger partial charge < -0.3 is 0 Å². The van der Waals surface area contributed by atoms with Crippen LogP contribution in [0.15, 0.2) is 24.4 Å². The molecule has 0 N–H and O–H groups in total. The lowest BCUT2D eigenvalue weighted by Gasteiger charge is -2.04. The number of aromatic nitrogens is 2. The minimum Gasteiger partial charge on any atom is -0.293 e. The fourth-order valence-corrected chi connectivity index (χ4v) is 2.03. The zero-order chi connectivity index (χ0) is 13.3. The summed E-state index contributed by atoms with van der Waals surface area (Å²) in [6.07, 6.45) is -0.890. The van der Waals surface area contributed by atoms with Gasteiger partial charge >= 0.3 is 0 Å². The quantitative estimate of drug-likeness (QED) is 0.569. The van der Waals surface area contributed by atoms with E-state index in [9.17, 15) is 8.78 Å². The Morgan fingerprint density at radius 1 is 1.28 bits per heavy atom. The Morgan fingerprint density at radius 2 is 2.00 bits per heavy atom. The van der Waals surface area contributed by atoms with Crippen molar-refractivity contribution in [2.24, 2.45) is 0 Å². The molecule has 0 fully saturated rings. The summed E-state index contributed by atoms with van der Waals surface area (Å²) in [5.41, 5.74) is 3.69. The Hall–Kier alpha value is -1.67. The summed E-state index contributed by atoms with van der Waals surface area (Å²) < 4.78 is 27.5. The molecule has 0 bridgehead atoms. The molecule has 0 aliphatic rings. The molecule has 0 amide bonds. The van der Waals surface area contributed by atoms with Crippen LogP contribution in [0.25, 0.3) is 5.65 Å². The standard InChI is InChI=1S/C13H14F2N2Si/c1-18(2,3)9-7-10-12(13(14)15)16-11-6-4-5-8-17(10)11/h4-6,8,13H,1-3H3. The van der Waals surface area contributed by atoms with Crippen molar-refractivity contribution in [1.82, 2.24) is 9.38 Å². The van der Waals surface area contributed by atoms with E-state index in [0.717, 1.165) is 0 Å². The molecule has 0 saturated carbocycles. The van der Waals surface area contributed by atoms with Crippen molar-refractivity contribution < 1.29 is 8.78 Å². The average molecular weight is 264 g/mol. The first-order valence-electron chi connectivity index (χ1n) is 5.67. The van der Waals surface area contributed by atoms with Crippen LogP contribution in [0.2, 0.25) is 19.6 Å². The van der Waals surface area contributed by atoms with E-state index in [4.69, 9.17) is 0 Å². The second-order valence-corrected chi connectivity index (χ2v) is 9.83. The first-order chi connectivity index (χ1) is 8.38. The Balaban J connectivity index is 2.65. The molecule has 2 nitrogen and oxygen atoms in total. The van der Waals surface area contributed by atoms with Crippen LogP contribution < -0.4 is 0 Å². The van der Waals surface area contributed by atoms with Crippen molar-refractivity contribution in [2.75, 3.05) is 0 Å². The zero-order valence-electron chi connectivity index (χ0n) is 10.5. The second kappa shape index (κ2) is 4.54. The maximum atomic E-state index is 13.0. The highest BCUT2D eigenvalue weighted by atomic mass is 28.3. The van der Waals surface area contributed by atoms with Gasteiger partial charge in [-0.15, -0.1) is 5.54 Å². The largest absolute Gasteiger partial charge is 0.293 e. The number of alkyl halides is 2. The Bertz CT molecular complexity index is 630. The number of imidazole rings is 1. The van der Waals surface area contributed by atoms with E-state index in [2.05, 4.69) is 36.1 Å². The molecule has 0 unspecified atom stereocenters. The van der Waals surface area contributed by atoms with Gasteiger partial charge in [0.05, 0.1) is 0 Å². The molecule has 5 heteroatoms. The third-order valence-electron chi connectivity index (χ3n) is 2.32. The Kier molecular flexibility index (Phi) is 3.22. The van der Waals surface area contributed by atoms with E-state index in [-0.39, 0.29) is 5.69 Å². The molecule has 94 valence electrons. The maximum absolute atomic E-state index is 13.0. The molecule has 2 rings (SSSR count). The first-order valence-corrected chi connectivity index (χ1v) is 9.17. The third-order valence-corrected chi connectivity index (χ3v) is 3.19. The van der Waals surface area contributed by atoms with Crippen LogP contribution in [-0.4, -0.2) is 17.5 Å². The van der Waals surface area contributed by atoms with Gasteiger partial charge in [0.25, 0.3) is 6.43 Å². The van der Waals surface area contributed by atoms with Gasteiger partial charge in [0.1, 0.15) is 25.1 Å². The smallest absolute Gasteiger partial charge is 0.283 e. The number of hydrogen-bond donors (Lipinski definition) is 0. The first kappa shape index (κ1) is 12.8. The van der Waals surface area contributed by atoms with Gasteiger partial charge in [-0.1, -0.05) is 31.6 Å². The van der Waals surface area contributed by atoms with E-state index < -0.39 is 14.5 Å². The molecule has 2 heterocycles. The van der Waals surface area contributed by atoms with Crippen molar-refractivity contribution >= 4 is 13.7 Å². The molecule has 0 aliphatic carbocycles. The lowest BCUT2D eigenvalue weighted by Crippen LogP contribution is -2.16. The van der Waals surface area contributed by atoms with Crippen LogP contribution in [0.3, 0.4) is 0 Å². The molecule has 0 radical (unpaired) electrons. The van der Waals surface area contributed by atoms with Gasteiger partial charge in [0.15, 0.2) is 0 Å². The topological polar surface area (TPSA) is 17.3 Å². The summed E-state index contributed by atoms with van der Waals surface area (Å²) in [7, 11) is -1.61. The zero-order valence-corrected chi connectivity index (χ0v) is 11.5. The molecule has 0 aliphatic heterocycles. The van der Waals surface area contributed by atoms with Crippen LogP contribution in [0.1, 0.15) is 17.8 Å². The minimum absolute atomic E-state index is 0.230. The van der Waals surface area contributed by atoms with Crippen molar-refractivity contribution in [2.45, 2.75) is 26.1 Å². The Labute approximate surface area is 106 Å². The van der Waals surface area contributed by atoms with Crippen LogP contribution in [0.5, 0.6) is 0 Å². The van der Waals surface area contributed by atoms with Crippen molar-refractivity contribution in [3.63, 3.8) is 0 Å². The summed E-state index contributed by atoms with van der Waals surface area (Å²) in [5.74, 6) is 2.89. The fraction of sp³-hybridized carbons (Fsp3) is 0.308. The molecule has 0 saturated heterocycles. The summed E-state index contributed by atoms with van der Waals surface area (Å²) in [6, 6.07) is 5.25. The van der Waals surface area contributed by atoms with Crippen molar-refractivity contribution in [3.8, 4) is 11.5 Å². The average Bonchev–Trinajstić information content (AvgIpc) is 2.64.